The van der Waals surface area contributed by atoms with E-state index >= 15 is 0 Å². The first kappa shape index (κ1) is 13.8. The number of amides is 1. The number of nitrogens with one attached hydrogen (secondary N) is 1. The Morgan fingerprint density at radius 1 is 1.30 bits per heavy atom. The van der Waals surface area contributed by atoms with E-state index in [4.69, 9.17) is 8.83 Å². The molecule has 1 N–H and O–H groups in total. The third-order valence-electron chi connectivity index (χ3n) is 4.14. The van der Waals surface area contributed by atoms with E-state index in [1.807, 2.05) is 37.3 Å². The summed E-state index contributed by atoms with van der Waals surface area (Å²) in [6, 6.07) is 9.43. The lowest BCUT2D eigenvalue weighted by Crippen LogP contribution is -2.15. The highest BCUT2D eigenvalue weighted by Crippen LogP contribution is 2.48. The van der Waals surface area contributed by atoms with Crippen LogP contribution in [-0.2, 0) is 4.79 Å². The van der Waals surface area contributed by atoms with Crippen molar-refractivity contribution in [2.45, 2.75) is 19.3 Å². The number of benzene rings is 1. The Balaban J connectivity index is 1.50. The number of nitrogens with zero attached hydrogens (tertiary/aromatic N) is 2. The van der Waals surface area contributed by atoms with Crippen LogP contribution in [0.5, 0.6) is 0 Å². The molecule has 0 unspecified atom stereocenters. The molecule has 1 aliphatic rings. The normalized spacial score (nSPS) is 19.5. The van der Waals surface area contributed by atoms with E-state index in [-0.39, 0.29) is 17.7 Å². The van der Waals surface area contributed by atoms with Gasteiger partial charge in [0.1, 0.15) is 5.76 Å². The van der Waals surface area contributed by atoms with E-state index in [2.05, 4.69) is 15.5 Å². The maximum absolute atomic E-state index is 12.4. The Labute approximate surface area is 132 Å². The van der Waals surface area contributed by atoms with Crippen LogP contribution in [0.15, 0.2) is 51.8 Å². The van der Waals surface area contributed by atoms with Gasteiger partial charge >= 0.3 is 0 Å². The summed E-state index contributed by atoms with van der Waals surface area (Å²) in [5, 5.41) is 10.6. The molecule has 1 aromatic carbocycles. The standard InChI is InChI=1S/C17H15N3O3/c1-10-4-5-11(17-20-18-9-23-17)7-14(10)19-16(21)13-8-12(13)15-3-2-6-22-15/h2-7,9,12-13H,8H2,1H3,(H,19,21)/t12-,13+/m0/s1. The fourth-order valence-electron chi connectivity index (χ4n) is 2.72. The minimum absolute atomic E-state index is 0.0113. The summed E-state index contributed by atoms with van der Waals surface area (Å²) >= 11 is 0. The van der Waals surface area contributed by atoms with Crippen molar-refractivity contribution in [1.29, 1.82) is 0 Å². The van der Waals surface area contributed by atoms with Gasteiger partial charge in [-0.15, -0.1) is 10.2 Å². The van der Waals surface area contributed by atoms with Crippen molar-refractivity contribution in [3.63, 3.8) is 0 Å². The maximum Gasteiger partial charge on any atom is 0.247 e. The summed E-state index contributed by atoms with van der Waals surface area (Å²) < 4.78 is 10.6. The average molecular weight is 309 g/mol. The van der Waals surface area contributed by atoms with Crippen LogP contribution in [0.1, 0.15) is 23.7 Å². The number of hydrogen-bond donors (Lipinski definition) is 1. The molecule has 2 heterocycles. The summed E-state index contributed by atoms with van der Waals surface area (Å²) in [6.07, 6.45) is 3.74. The molecule has 2 aromatic heterocycles. The average Bonchev–Trinajstić information content (AvgIpc) is 2.96. The van der Waals surface area contributed by atoms with Crippen molar-refractivity contribution < 1.29 is 13.6 Å². The van der Waals surface area contributed by atoms with Gasteiger partial charge in [-0.2, -0.15) is 0 Å². The van der Waals surface area contributed by atoms with Crippen molar-refractivity contribution in [1.82, 2.24) is 10.2 Å². The Bertz CT molecular complexity index is 825. The minimum Gasteiger partial charge on any atom is -0.469 e. The van der Waals surface area contributed by atoms with Gasteiger partial charge in [0, 0.05) is 23.1 Å². The molecular formula is C17H15N3O3. The molecule has 1 amide bonds. The van der Waals surface area contributed by atoms with Crippen LogP contribution < -0.4 is 5.32 Å². The van der Waals surface area contributed by atoms with Crippen LogP contribution >= 0.6 is 0 Å². The molecule has 1 fully saturated rings. The van der Waals surface area contributed by atoms with Gasteiger partial charge in [-0.3, -0.25) is 4.79 Å². The van der Waals surface area contributed by atoms with Gasteiger partial charge in [-0.25, -0.2) is 0 Å². The van der Waals surface area contributed by atoms with E-state index in [0.29, 0.717) is 5.89 Å². The number of rotatable bonds is 4. The molecule has 6 heteroatoms. The lowest BCUT2D eigenvalue weighted by Gasteiger charge is -2.09. The highest BCUT2D eigenvalue weighted by molar-refractivity contribution is 5.96. The lowest BCUT2D eigenvalue weighted by atomic mass is 10.1. The van der Waals surface area contributed by atoms with Gasteiger partial charge in [-0.1, -0.05) is 6.07 Å². The van der Waals surface area contributed by atoms with Gasteiger partial charge in [-0.05, 0) is 43.2 Å². The summed E-state index contributed by atoms with van der Waals surface area (Å²) in [4.78, 5) is 12.4. The first-order chi connectivity index (χ1) is 11.2. The fraction of sp³-hybridized carbons (Fsp3) is 0.235. The highest BCUT2D eigenvalue weighted by Gasteiger charge is 2.45. The fourth-order valence-corrected chi connectivity index (χ4v) is 2.72. The molecule has 1 aliphatic carbocycles. The van der Waals surface area contributed by atoms with Crippen molar-refractivity contribution in [3.8, 4) is 11.5 Å². The third-order valence-corrected chi connectivity index (χ3v) is 4.14. The molecule has 0 radical (unpaired) electrons. The second-order valence-corrected chi connectivity index (χ2v) is 5.73. The van der Waals surface area contributed by atoms with Gasteiger partial charge < -0.3 is 14.2 Å². The second-order valence-electron chi connectivity index (χ2n) is 5.73. The van der Waals surface area contributed by atoms with Crippen LogP contribution in [0.25, 0.3) is 11.5 Å². The molecule has 0 aliphatic heterocycles. The first-order valence-electron chi connectivity index (χ1n) is 7.44. The maximum atomic E-state index is 12.4. The van der Waals surface area contributed by atoms with Crippen LogP contribution in [0.4, 0.5) is 5.69 Å². The van der Waals surface area contributed by atoms with Crippen LogP contribution in [0.3, 0.4) is 0 Å². The number of carbonyl (C=O) groups is 1. The second kappa shape index (κ2) is 5.39. The van der Waals surface area contributed by atoms with Crippen LogP contribution in [0, 0.1) is 12.8 Å². The molecule has 0 saturated heterocycles. The number of anilines is 1. The van der Waals surface area contributed by atoms with Crippen LogP contribution in [0.2, 0.25) is 0 Å². The lowest BCUT2D eigenvalue weighted by molar-refractivity contribution is -0.117. The molecule has 1 saturated carbocycles. The van der Waals surface area contributed by atoms with Crippen molar-refractivity contribution >= 4 is 11.6 Å². The SMILES string of the molecule is Cc1ccc(-c2nnco2)cc1NC(=O)[C@@H]1C[C@@H]1c1ccco1. The number of hydrogen-bond acceptors (Lipinski definition) is 5. The monoisotopic (exact) mass is 309 g/mol. The van der Waals surface area contributed by atoms with Gasteiger partial charge in [0.15, 0.2) is 0 Å². The zero-order valence-corrected chi connectivity index (χ0v) is 12.5. The Morgan fingerprint density at radius 2 is 2.22 bits per heavy atom. The van der Waals surface area contributed by atoms with Gasteiger partial charge in [0.2, 0.25) is 18.2 Å². The quantitative estimate of drug-likeness (QED) is 0.799. The predicted molar refractivity (Wildman–Crippen MR) is 82.7 cm³/mol. The molecule has 2 atom stereocenters. The Hall–Kier alpha value is -2.89. The number of carbonyl (C=O) groups excluding carboxylic acids is 1. The van der Waals surface area contributed by atoms with Gasteiger partial charge in [0.25, 0.3) is 0 Å². The number of aromatic nitrogens is 2. The zero-order chi connectivity index (χ0) is 15.8. The topological polar surface area (TPSA) is 81.2 Å². The van der Waals surface area contributed by atoms with Crippen molar-refractivity contribution in [2.24, 2.45) is 5.92 Å². The van der Waals surface area contributed by atoms with E-state index < -0.39 is 0 Å². The molecule has 116 valence electrons. The zero-order valence-electron chi connectivity index (χ0n) is 12.5. The molecule has 3 aromatic rings. The Kier molecular flexibility index (Phi) is 3.22. The minimum atomic E-state index is -0.0346. The molecule has 0 spiro atoms. The summed E-state index contributed by atoms with van der Waals surface area (Å²) in [5.41, 5.74) is 2.52. The largest absolute Gasteiger partial charge is 0.469 e. The van der Waals surface area contributed by atoms with Crippen LogP contribution in [-0.4, -0.2) is 16.1 Å². The third kappa shape index (κ3) is 2.63. The predicted octanol–water partition coefficient (Wildman–Crippen LogP) is 3.38. The first-order valence-corrected chi connectivity index (χ1v) is 7.44. The molecular weight excluding hydrogens is 294 g/mol. The van der Waals surface area contributed by atoms with Crippen molar-refractivity contribution in [2.75, 3.05) is 5.32 Å². The number of aryl methyl sites for hydroxylation is 1. The molecule has 0 bridgehead atoms. The highest BCUT2D eigenvalue weighted by atomic mass is 16.4. The summed E-state index contributed by atoms with van der Waals surface area (Å²) in [5.74, 6) is 1.47. The van der Waals surface area contributed by atoms with E-state index in [1.165, 1.54) is 6.39 Å². The summed E-state index contributed by atoms with van der Waals surface area (Å²) in [7, 11) is 0. The van der Waals surface area contributed by atoms with E-state index in [9.17, 15) is 4.79 Å². The van der Waals surface area contributed by atoms with Gasteiger partial charge in [0.05, 0.1) is 6.26 Å². The number of furan rings is 1. The molecule has 6 nitrogen and oxygen atoms in total. The molecule has 4 rings (SSSR count). The molecule has 23 heavy (non-hydrogen) atoms. The van der Waals surface area contributed by atoms with E-state index in [1.54, 1.807) is 6.26 Å². The van der Waals surface area contributed by atoms with E-state index in [0.717, 1.165) is 29.0 Å². The Morgan fingerprint density at radius 3 is 2.96 bits per heavy atom. The smallest absolute Gasteiger partial charge is 0.247 e. The van der Waals surface area contributed by atoms with Crippen molar-refractivity contribution in [3.05, 3.63) is 54.3 Å². The summed E-state index contributed by atoms with van der Waals surface area (Å²) in [6.45, 7) is 1.95.